The average molecular weight is 348 g/mol. The maximum absolute atomic E-state index is 8.82. The van der Waals surface area contributed by atoms with Gasteiger partial charge in [0.05, 0.1) is 11.6 Å². The van der Waals surface area contributed by atoms with Gasteiger partial charge in [0.1, 0.15) is 6.07 Å². The molecule has 0 unspecified atom stereocenters. The summed E-state index contributed by atoms with van der Waals surface area (Å²) in [5.74, 6) is 0. The summed E-state index contributed by atoms with van der Waals surface area (Å²) in [4.78, 5) is 0. The predicted octanol–water partition coefficient (Wildman–Crippen LogP) is 6.36. The van der Waals surface area contributed by atoms with Crippen molar-refractivity contribution < 1.29 is 0 Å². The minimum atomic E-state index is 0.447. The van der Waals surface area contributed by atoms with Crippen LogP contribution in [0.4, 0.5) is 0 Å². The first-order valence-corrected chi connectivity index (χ1v) is 8.59. The molecule has 0 heterocycles. The van der Waals surface area contributed by atoms with E-state index in [4.69, 9.17) is 10.5 Å². The zero-order valence-electron chi connectivity index (χ0n) is 15.2. The number of hydrogen-bond acceptors (Lipinski definition) is 2. The van der Waals surface area contributed by atoms with E-state index in [0.29, 0.717) is 11.1 Å². The highest BCUT2D eigenvalue weighted by Crippen LogP contribution is 2.16. The van der Waals surface area contributed by atoms with Crippen LogP contribution >= 0.6 is 0 Å². The lowest BCUT2D eigenvalue weighted by Gasteiger charge is -1.97. The van der Waals surface area contributed by atoms with E-state index in [-0.39, 0.29) is 0 Å². The summed E-state index contributed by atoms with van der Waals surface area (Å²) >= 11 is 0. The van der Waals surface area contributed by atoms with Gasteiger partial charge < -0.3 is 0 Å². The quantitative estimate of drug-likeness (QED) is 0.408. The van der Waals surface area contributed by atoms with Crippen molar-refractivity contribution >= 4 is 17.7 Å². The molecule has 0 spiro atoms. The molecule has 0 aromatic heterocycles. The molecule has 0 radical (unpaired) electrons. The molecule has 0 saturated heterocycles. The third-order valence-electron chi connectivity index (χ3n) is 3.78. The molecule has 0 aliphatic rings. The van der Waals surface area contributed by atoms with Gasteiger partial charge >= 0.3 is 0 Å². The van der Waals surface area contributed by atoms with Crippen molar-refractivity contribution in [2.24, 2.45) is 0 Å². The lowest BCUT2D eigenvalue weighted by Crippen LogP contribution is -1.83. The summed E-state index contributed by atoms with van der Waals surface area (Å²) in [7, 11) is 0. The van der Waals surface area contributed by atoms with Crippen LogP contribution in [0.25, 0.3) is 17.7 Å². The van der Waals surface area contributed by atoms with Crippen LogP contribution in [-0.4, -0.2) is 0 Å². The highest BCUT2D eigenvalue weighted by molar-refractivity contribution is 5.81. The minimum Gasteiger partial charge on any atom is -0.193 e. The highest BCUT2D eigenvalue weighted by Gasteiger charge is 2.03. The van der Waals surface area contributed by atoms with Gasteiger partial charge in [-0.25, -0.2) is 0 Å². The molecule has 0 atom stereocenters. The average Bonchev–Trinajstić information content (AvgIpc) is 2.75. The normalized spacial score (nSPS) is 10.8. The molecule has 0 fully saturated rings. The number of hydrogen-bond donors (Lipinski definition) is 0. The topological polar surface area (TPSA) is 47.6 Å². The van der Waals surface area contributed by atoms with Gasteiger partial charge in [-0.2, -0.15) is 10.5 Å². The third-order valence-corrected chi connectivity index (χ3v) is 3.78. The van der Waals surface area contributed by atoms with Crippen LogP contribution in [0, 0.1) is 22.7 Å². The summed E-state index contributed by atoms with van der Waals surface area (Å²) in [6.07, 6.45) is 4.24. The summed E-state index contributed by atoms with van der Waals surface area (Å²) in [5.41, 5.74) is 4.16. The molecule has 0 N–H and O–H groups in total. The Morgan fingerprint density at radius 3 is 1.41 bits per heavy atom. The van der Waals surface area contributed by atoms with Gasteiger partial charge in [-0.05, 0) is 23.6 Å². The molecule has 0 aliphatic carbocycles. The van der Waals surface area contributed by atoms with E-state index in [1.807, 2.05) is 78.9 Å². The summed E-state index contributed by atoms with van der Waals surface area (Å²) in [5, 5.41) is 17.5. The molecule has 2 heteroatoms. The molecule has 3 aromatic carbocycles. The molecule has 27 heavy (non-hydrogen) atoms. The Kier molecular flexibility index (Phi) is 7.83. The monoisotopic (exact) mass is 348 g/mol. The lowest BCUT2D eigenvalue weighted by molar-refractivity contribution is 1.43. The van der Waals surface area contributed by atoms with Crippen LogP contribution in [0.3, 0.4) is 0 Å². The molecule has 2 nitrogen and oxygen atoms in total. The van der Waals surface area contributed by atoms with Gasteiger partial charge in [-0.15, -0.1) is 0 Å². The highest BCUT2D eigenvalue weighted by atomic mass is 14.3. The smallest absolute Gasteiger partial charge is 0.101 e. The first kappa shape index (κ1) is 19.4. The number of nitriles is 2. The molecule has 0 saturated carbocycles. The zero-order valence-corrected chi connectivity index (χ0v) is 15.2. The Labute approximate surface area is 161 Å². The Balaban J connectivity index is 0.000000194. The van der Waals surface area contributed by atoms with E-state index < -0.39 is 0 Å². The van der Waals surface area contributed by atoms with Gasteiger partial charge in [-0.1, -0.05) is 103 Å². The fraction of sp³-hybridized carbons (Fsp3) is 0.0400. The van der Waals surface area contributed by atoms with Crippen molar-refractivity contribution in [1.82, 2.24) is 0 Å². The number of nitrogens with zero attached hydrogens (tertiary/aromatic N) is 2. The lowest BCUT2D eigenvalue weighted by atomic mass is 10.0. The SMILES string of the molecule is C(=Cc1ccccc1)c1ccccc1.C/C(C#N)=C(\C#N)c1ccccc1. The summed E-state index contributed by atoms with van der Waals surface area (Å²) in [6.45, 7) is 1.64. The Morgan fingerprint density at radius 2 is 1.04 bits per heavy atom. The van der Waals surface area contributed by atoms with Gasteiger partial charge in [0.15, 0.2) is 0 Å². The maximum atomic E-state index is 8.82. The van der Waals surface area contributed by atoms with Crippen molar-refractivity contribution in [3.8, 4) is 12.1 Å². The van der Waals surface area contributed by atoms with Crippen molar-refractivity contribution in [2.75, 3.05) is 0 Å². The number of benzene rings is 3. The first-order chi connectivity index (χ1) is 13.2. The molecule has 130 valence electrons. The van der Waals surface area contributed by atoms with Gasteiger partial charge in [0, 0.05) is 5.57 Å². The Bertz CT molecular complexity index is 930. The van der Waals surface area contributed by atoms with Gasteiger partial charge in [0.2, 0.25) is 0 Å². The first-order valence-electron chi connectivity index (χ1n) is 8.59. The second kappa shape index (κ2) is 10.9. The fourth-order valence-electron chi connectivity index (χ4n) is 2.35. The number of rotatable bonds is 3. The molecule has 0 bridgehead atoms. The van der Waals surface area contributed by atoms with Crippen molar-refractivity contribution in [2.45, 2.75) is 6.92 Å². The van der Waals surface area contributed by atoms with E-state index >= 15 is 0 Å². The minimum absolute atomic E-state index is 0.447. The predicted molar refractivity (Wildman–Crippen MR) is 112 cm³/mol. The maximum Gasteiger partial charge on any atom is 0.101 e. The van der Waals surface area contributed by atoms with Crippen molar-refractivity contribution in [3.05, 3.63) is 113 Å². The molecule has 3 rings (SSSR count). The molecular weight excluding hydrogens is 328 g/mol. The summed E-state index contributed by atoms with van der Waals surface area (Å²) in [6, 6.07) is 33.8. The standard InChI is InChI=1S/C14H12.C11H8N2/c1-3-7-13(8-4-1)11-12-14-9-5-2-6-10-14;1-9(7-12)11(8-13)10-5-3-2-4-6-10/h1-12H;2-6H,1H3/b;11-9-. The van der Waals surface area contributed by atoms with Crippen LogP contribution in [-0.2, 0) is 0 Å². The van der Waals surface area contributed by atoms with Crippen LogP contribution in [0.2, 0.25) is 0 Å². The largest absolute Gasteiger partial charge is 0.193 e. The van der Waals surface area contributed by atoms with Crippen molar-refractivity contribution in [3.63, 3.8) is 0 Å². The van der Waals surface area contributed by atoms with Gasteiger partial charge in [0.25, 0.3) is 0 Å². The Morgan fingerprint density at radius 1 is 0.630 bits per heavy atom. The van der Waals surface area contributed by atoms with Crippen LogP contribution < -0.4 is 0 Å². The third kappa shape index (κ3) is 6.50. The van der Waals surface area contributed by atoms with Gasteiger partial charge in [-0.3, -0.25) is 0 Å². The van der Waals surface area contributed by atoms with Crippen LogP contribution in [0.15, 0.2) is 96.6 Å². The zero-order chi connectivity index (χ0) is 19.3. The molecule has 0 aliphatic heterocycles. The molecule has 0 amide bonds. The van der Waals surface area contributed by atoms with E-state index in [1.54, 1.807) is 6.92 Å². The van der Waals surface area contributed by atoms with Crippen molar-refractivity contribution in [1.29, 1.82) is 10.5 Å². The number of allylic oxidation sites excluding steroid dienone is 2. The second-order valence-electron chi connectivity index (χ2n) is 5.74. The summed E-state index contributed by atoms with van der Waals surface area (Å²) < 4.78 is 0. The van der Waals surface area contributed by atoms with E-state index in [1.165, 1.54) is 11.1 Å². The molecular formula is C25H20N2. The van der Waals surface area contributed by atoms with Crippen LogP contribution in [0.1, 0.15) is 23.6 Å². The second-order valence-corrected chi connectivity index (χ2v) is 5.74. The van der Waals surface area contributed by atoms with E-state index in [2.05, 4.69) is 36.4 Å². The van der Waals surface area contributed by atoms with Crippen LogP contribution in [0.5, 0.6) is 0 Å². The Hall–Kier alpha value is -3.88. The fourth-order valence-corrected chi connectivity index (χ4v) is 2.35. The van der Waals surface area contributed by atoms with E-state index in [0.717, 1.165) is 5.56 Å². The molecule has 3 aromatic rings. The van der Waals surface area contributed by atoms with E-state index in [9.17, 15) is 0 Å².